The van der Waals surface area contributed by atoms with Crippen molar-refractivity contribution in [1.82, 2.24) is 0 Å². The minimum Gasteiger partial charge on any atom is -0.744 e. The van der Waals surface area contributed by atoms with Crippen LogP contribution in [0.4, 0.5) is 0 Å². The lowest BCUT2D eigenvalue weighted by molar-refractivity contribution is 0.395. The number of para-hydroxylation sites is 1. The summed E-state index contributed by atoms with van der Waals surface area (Å²) >= 11 is 0. The number of hydrogen-bond acceptors (Lipinski definition) is 4. The Labute approximate surface area is 180 Å². The van der Waals surface area contributed by atoms with Crippen molar-refractivity contribution in [3.8, 4) is 5.75 Å². The van der Waals surface area contributed by atoms with Gasteiger partial charge in [0.15, 0.2) is 0 Å². The van der Waals surface area contributed by atoms with Crippen molar-refractivity contribution in [2.24, 2.45) is 0 Å². The van der Waals surface area contributed by atoms with Gasteiger partial charge in [-0.15, -0.1) is 0 Å². The molecule has 0 fully saturated rings. The fourth-order valence-electron chi connectivity index (χ4n) is 3.47. The molecule has 170 valence electrons. The molecular weight excluding hydrogens is 403 g/mol. The monoisotopic (exact) mass is 446 g/mol. The summed E-state index contributed by atoms with van der Waals surface area (Å²) in [5.74, 6) is 0.0764. The normalized spacial score (nSPS) is 11.7. The van der Waals surface area contributed by atoms with Gasteiger partial charge in [0.1, 0.15) is 15.9 Å². The van der Waals surface area contributed by atoms with Crippen molar-refractivity contribution in [2.45, 2.75) is 84.0 Å². The summed E-state index contributed by atoms with van der Waals surface area (Å²) in [6.07, 6.45) is 17.9. The van der Waals surface area contributed by atoms with Gasteiger partial charge in [0, 0.05) is 7.26 Å². The molecule has 0 heterocycles. The standard InChI is InChI=1S/C16H36P.C7H8O4S/c1-5-9-13-17(14-10-6-2,15-11-7-3)16-12-8-4;1-11-6-4-2-3-5-7(6)12(8,9)10/h5-16H2,1-4H3;2-5H,1H3,(H,8,9,10)/q+1;/p-1. The molecule has 1 aromatic carbocycles. The Hall–Kier alpha value is -0.640. The van der Waals surface area contributed by atoms with Crippen LogP contribution in [0.3, 0.4) is 0 Å². The van der Waals surface area contributed by atoms with Gasteiger partial charge in [-0.1, -0.05) is 65.5 Å². The lowest BCUT2D eigenvalue weighted by atomic mass is 10.3. The summed E-state index contributed by atoms with van der Waals surface area (Å²) in [6, 6.07) is 5.69. The van der Waals surface area contributed by atoms with E-state index in [1.807, 2.05) is 0 Å². The number of benzene rings is 1. The summed E-state index contributed by atoms with van der Waals surface area (Å²) in [4.78, 5) is -0.326. The zero-order valence-corrected chi connectivity index (χ0v) is 21.0. The Morgan fingerprint density at radius 2 is 1.17 bits per heavy atom. The first-order valence-electron chi connectivity index (χ1n) is 11.2. The third kappa shape index (κ3) is 12.0. The van der Waals surface area contributed by atoms with Gasteiger partial charge in [-0.3, -0.25) is 0 Å². The number of rotatable bonds is 14. The van der Waals surface area contributed by atoms with Crippen LogP contribution < -0.4 is 4.74 Å². The van der Waals surface area contributed by atoms with Crippen molar-refractivity contribution >= 4 is 17.4 Å². The Bertz CT molecular complexity index is 594. The highest BCUT2D eigenvalue weighted by Crippen LogP contribution is 2.61. The molecule has 1 aromatic rings. The zero-order chi connectivity index (χ0) is 22.2. The van der Waals surface area contributed by atoms with Crippen molar-refractivity contribution in [3.05, 3.63) is 24.3 Å². The molecule has 0 aromatic heterocycles. The maximum absolute atomic E-state index is 10.6. The van der Waals surface area contributed by atoms with E-state index in [9.17, 15) is 13.0 Å². The second kappa shape index (κ2) is 16.1. The molecule has 6 heteroatoms. The van der Waals surface area contributed by atoms with Crippen LogP contribution in [0.1, 0.15) is 79.1 Å². The van der Waals surface area contributed by atoms with E-state index in [2.05, 4.69) is 27.7 Å². The first-order chi connectivity index (χ1) is 13.8. The topological polar surface area (TPSA) is 66.4 Å². The fourth-order valence-corrected chi connectivity index (χ4v) is 9.40. The molecule has 0 spiro atoms. The number of hydrogen-bond donors (Lipinski definition) is 0. The second-order valence-electron chi connectivity index (χ2n) is 7.76. The molecule has 0 aliphatic rings. The number of methoxy groups -OCH3 is 1. The highest BCUT2D eigenvalue weighted by atomic mass is 32.2. The lowest BCUT2D eigenvalue weighted by Crippen LogP contribution is -2.12. The van der Waals surface area contributed by atoms with E-state index in [0.717, 1.165) is 0 Å². The van der Waals surface area contributed by atoms with Gasteiger partial charge in [-0.05, 0) is 37.8 Å². The maximum Gasteiger partial charge on any atom is 0.136 e. The lowest BCUT2D eigenvalue weighted by Gasteiger charge is -2.28. The smallest absolute Gasteiger partial charge is 0.136 e. The van der Waals surface area contributed by atoms with Gasteiger partial charge in [0.25, 0.3) is 0 Å². The molecule has 0 atom stereocenters. The molecule has 0 N–H and O–H groups in total. The average molecular weight is 447 g/mol. The molecule has 0 amide bonds. The van der Waals surface area contributed by atoms with Crippen molar-refractivity contribution in [2.75, 3.05) is 31.8 Å². The van der Waals surface area contributed by atoms with Crippen molar-refractivity contribution < 1.29 is 17.7 Å². The van der Waals surface area contributed by atoms with Crippen LogP contribution in [0.5, 0.6) is 5.75 Å². The minimum absolute atomic E-state index is 0.0764. The fraction of sp³-hybridized carbons (Fsp3) is 0.739. The van der Waals surface area contributed by atoms with E-state index < -0.39 is 17.4 Å². The Kier molecular flexibility index (Phi) is 15.7. The van der Waals surface area contributed by atoms with Gasteiger partial charge in [-0.25, -0.2) is 8.42 Å². The SMILES string of the molecule is CCCC[P+](CCCC)(CCCC)CCCC.COc1ccccc1S(=O)(=O)[O-]. The van der Waals surface area contributed by atoms with E-state index in [0.29, 0.717) is 0 Å². The molecule has 0 radical (unpaired) electrons. The quantitative estimate of drug-likeness (QED) is 0.233. The van der Waals surface area contributed by atoms with Crippen LogP contribution in [0, 0.1) is 0 Å². The summed E-state index contributed by atoms with van der Waals surface area (Å²) in [5.41, 5.74) is 0. The van der Waals surface area contributed by atoms with Gasteiger partial charge < -0.3 is 9.29 Å². The molecule has 0 aliphatic heterocycles. The van der Waals surface area contributed by atoms with E-state index in [-0.39, 0.29) is 10.6 Å². The third-order valence-corrected chi connectivity index (χ3v) is 11.2. The van der Waals surface area contributed by atoms with Crippen LogP contribution in [0.15, 0.2) is 29.2 Å². The highest BCUT2D eigenvalue weighted by molar-refractivity contribution is 7.85. The predicted molar refractivity (Wildman–Crippen MR) is 127 cm³/mol. The number of unbranched alkanes of at least 4 members (excludes halogenated alkanes) is 4. The van der Waals surface area contributed by atoms with Crippen molar-refractivity contribution in [3.63, 3.8) is 0 Å². The largest absolute Gasteiger partial charge is 0.744 e. The molecule has 0 saturated heterocycles. The van der Waals surface area contributed by atoms with Crippen LogP contribution in [-0.2, 0) is 10.1 Å². The average Bonchev–Trinajstić information content (AvgIpc) is 2.72. The molecule has 1 rings (SSSR count). The van der Waals surface area contributed by atoms with Gasteiger partial charge in [0.2, 0.25) is 0 Å². The summed E-state index contributed by atoms with van der Waals surface area (Å²) < 4.78 is 36.4. The van der Waals surface area contributed by atoms with Crippen LogP contribution >= 0.6 is 7.26 Å². The summed E-state index contributed by atoms with van der Waals surface area (Å²) in [5, 5.41) is 0. The first kappa shape index (κ1) is 28.4. The maximum atomic E-state index is 10.6. The Balaban J connectivity index is 0.000000571. The Morgan fingerprint density at radius 3 is 1.45 bits per heavy atom. The van der Waals surface area contributed by atoms with Gasteiger partial charge in [0.05, 0.1) is 36.7 Å². The van der Waals surface area contributed by atoms with Gasteiger partial charge in [-0.2, -0.15) is 0 Å². The Morgan fingerprint density at radius 1 is 0.793 bits per heavy atom. The highest BCUT2D eigenvalue weighted by Gasteiger charge is 2.34. The van der Waals surface area contributed by atoms with E-state index >= 15 is 0 Å². The van der Waals surface area contributed by atoms with Crippen LogP contribution in [0.2, 0.25) is 0 Å². The van der Waals surface area contributed by atoms with Crippen molar-refractivity contribution in [1.29, 1.82) is 0 Å². The summed E-state index contributed by atoms with van der Waals surface area (Å²) in [7, 11) is -3.67. The number of ether oxygens (including phenoxy) is 1. The van der Waals surface area contributed by atoms with E-state index in [1.54, 1.807) is 30.7 Å². The molecule has 0 aliphatic carbocycles. The molecule has 0 saturated carbocycles. The molecule has 0 bridgehead atoms. The molecular formula is C23H43O4PS. The van der Waals surface area contributed by atoms with Crippen LogP contribution in [-0.4, -0.2) is 44.7 Å². The van der Waals surface area contributed by atoms with Crippen LogP contribution in [0.25, 0.3) is 0 Å². The first-order valence-corrected chi connectivity index (χ1v) is 15.2. The second-order valence-corrected chi connectivity index (χ2v) is 13.6. The predicted octanol–water partition coefficient (Wildman–Crippen LogP) is 6.80. The molecule has 4 nitrogen and oxygen atoms in total. The zero-order valence-electron chi connectivity index (χ0n) is 19.3. The minimum atomic E-state index is -4.42. The third-order valence-electron chi connectivity index (χ3n) is 5.28. The molecule has 29 heavy (non-hydrogen) atoms. The molecule has 0 unspecified atom stereocenters. The van der Waals surface area contributed by atoms with E-state index in [4.69, 9.17) is 4.74 Å². The summed E-state index contributed by atoms with van der Waals surface area (Å²) in [6.45, 7) is 9.42. The van der Waals surface area contributed by atoms with E-state index in [1.165, 1.54) is 76.7 Å². The van der Waals surface area contributed by atoms with Gasteiger partial charge >= 0.3 is 0 Å².